The highest BCUT2D eigenvalue weighted by atomic mass is 35.5. The van der Waals surface area contributed by atoms with Crippen molar-refractivity contribution in [2.45, 2.75) is 26.7 Å². The van der Waals surface area contributed by atoms with Gasteiger partial charge in [0.15, 0.2) is 0 Å². The van der Waals surface area contributed by atoms with Gasteiger partial charge in [-0.1, -0.05) is 17.7 Å². The fourth-order valence-corrected chi connectivity index (χ4v) is 1.98. The third-order valence-corrected chi connectivity index (χ3v) is 3.20. The number of carboxylic acids is 1. The second kappa shape index (κ2) is 4.74. The Kier molecular flexibility index (Phi) is 3.81. The molecule has 1 aromatic carbocycles. The number of aryl methyl sites for hydroxylation is 1. The maximum atomic E-state index is 11.0. The number of rotatable bonds is 3. The van der Waals surface area contributed by atoms with Gasteiger partial charge in [-0.2, -0.15) is 0 Å². The first-order valence-electron chi connectivity index (χ1n) is 4.96. The number of methoxy groups -OCH3 is 1. The maximum absolute atomic E-state index is 11.0. The van der Waals surface area contributed by atoms with Gasteiger partial charge in [0.25, 0.3) is 0 Å². The highest BCUT2D eigenvalue weighted by Gasteiger charge is 2.20. The molecule has 3 nitrogen and oxygen atoms in total. The molecule has 88 valence electrons. The summed E-state index contributed by atoms with van der Waals surface area (Å²) in [7, 11) is 1.53. The summed E-state index contributed by atoms with van der Waals surface area (Å²) in [6, 6.07) is 1.80. The first-order valence-corrected chi connectivity index (χ1v) is 5.34. The number of benzene rings is 1. The SMILES string of the molecule is COc1c(C)c(C(C)C(=O)O)cc(C)c1Cl. The van der Waals surface area contributed by atoms with Gasteiger partial charge in [-0.25, -0.2) is 0 Å². The number of ether oxygens (including phenoxy) is 1. The van der Waals surface area contributed by atoms with Crippen LogP contribution in [0.25, 0.3) is 0 Å². The van der Waals surface area contributed by atoms with Crippen LogP contribution in [0.1, 0.15) is 29.5 Å². The molecule has 4 heteroatoms. The van der Waals surface area contributed by atoms with Gasteiger partial charge in [-0.05, 0) is 37.5 Å². The molecule has 0 aliphatic rings. The Bertz CT molecular complexity index is 427. The van der Waals surface area contributed by atoms with Crippen LogP contribution in [0.15, 0.2) is 6.07 Å². The normalized spacial score (nSPS) is 12.3. The molecule has 0 aliphatic carbocycles. The van der Waals surface area contributed by atoms with E-state index in [1.165, 1.54) is 7.11 Å². The van der Waals surface area contributed by atoms with Gasteiger partial charge in [-0.15, -0.1) is 0 Å². The molecule has 0 radical (unpaired) electrons. The Labute approximate surface area is 100.0 Å². The number of carboxylic acid groups (broad SMARTS) is 1. The fraction of sp³-hybridized carbons (Fsp3) is 0.417. The van der Waals surface area contributed by atoms with Crippen LogP contribution in [-0.4, -0.2) is 18.2 Å². The molecule has 0 saturated heterocycles. The topological polar surface area (TPSA) is 46.5 Å². The summed E-state index contributed by atoms with van der Waals surface area (Å²) in [6.45, 7) is 5.30. The zero-order chi connectivity index (χ0) is 12.5. The second-order valence-electron chi connectivity index (χ2n) is 3.81. The van der Waals surface area contributed by atoms with Crippen molar-refractivity contribution >= 4 is 17.6 Å². The summed E-state index contributed by atoms with van der Waals surface area (Å²) < 4.78 is 5.20. The lowest BCUT2D eigenvalue weighted by Gasteiger charge is -2.16. The van der Waals surface area contributed by atoms with E-state index in [1.54, 1.807) is 13.0 Å². The quantitative estimate of drug-likeness (QED) is 0.886. The third-order valence-electron chi connectivity index (χ3n) is 2.73. The van der Waals surface area contributed by atoms with Gasteiger partial charge < -0.3 is 9.84 Å². The maximum Gasteiger partial charge on any atom is 0.310 e. The van der Waals surface area contributed by atoms with Crippen LogP contribution < -0.4 is 4.74 Å². The molecule has 1 atom stereocenters. The number of hydrogen-bond donors (Lipinski definition) is 1. The van der Waals surface area contributed by atoms with Crippen molar-refractivity contribution in [2.24, 2.45) is 0 Å². The minimum absolute atomic E-state index is 0.543. The van der Waals surface area contributed by atoms with Crippen LogP contribution in [0.3, 0.4) is 0 Å². The van der Waals surface area contributed by atoms with E-state index < -0.39 is 11.9 Å². The largest absolute Gasteiger partial charge is 0.495 e. The van der Waals surface area contributed by atoms with Gasteiger partial charge in [-0.3, -0.25) is 4.79 Å². The van der Waals surface area contributed by atoms with E-state index in [0.29, 0.717) is 10.8 Å². The molecule has 0 amide bonds. The van der Waals surface area contributed by atoms with Crippen molar-refractivity contribution in [3.63, 3.8) is 0 Å². The summed E-state index contributed by atoms with van der Waals surface area (Å²) >= 11 is 6.08. The van der Waals surface area contributed by atoms with Crippen LogP contribution in [0.4, 0.5) is 0 Å². The summed E-state index contributed by atoms with van der Waals surface area (Å²) in [5, 5.41) is 9.55. The van der Waals surface area contributed by atoms with Crippen molar-refractivity contribution < 1.29 is 14.6 Å². The Morgan fingerprint density at radius 2 is 2.06 bits per heavy atom. The van der Waals surface area contributed by atoms with Crippen molar-refractivity contribution in [1.29, 1.82) is 0 Å². The van der Waals surface area contributed by atoms with E-state index in [0.717, 1.165) is 16.7 Å². The molecule has 0 spiro atoms. The zero-order valence-electron chi connectivity index (χ0n) is 9.80. The van der Waals surface area contributed by atoms with E-state index >= 15 is 0 Å². The number of carbonyl (C=O) groups is 1. The standard InChI is InChI=1S/C12H15ClO3/c1-6-5-9(8(3)12(14)15)7(2)11(16-4)10(6)13/h5,8H,1-4H3,(H,14,15). The van der Waals surface area contributed by atoms with E-state index in [1.807, 2.05) is 13.8 Å². The van der Waals surface area contributed by atoms with Crippen molar-refractivity contribution in [1.82, 2.24) is 0 Å². The molecular weight excluding hydrogens is 228 g/mol. The molecule has 0 saturated carbocycles. The molecule has 1 N–H and O–H groups in total. The predicted octanol–water partition coefficient (Wildman–Crippen LogP) is 3.15. The van der Waals surface area contributed by atoms with Gasteiger partial charge in [0.2, 0.25) is 0 Å². The first-order chi connectivity index (χ1) is 7.40. The second-order valence-corrected chi connectivity index (χ2v) is 4.19. The van der Waals surface area contributed by atoms with Crippen molar-refractivity contribution in [3.8, 4) is 5.75 Å². The average Bonchev–Trinajstić information content (AvgIpc) is 2.23. The van der Waals surface area contributed by atoms with Crippen LogP contribution in [0.5, 0.6) is 5.75 Å². The number of hydrogen-bond acceptors (Lipinski definition) is 2. The van der Waals surface area contributed by atoms with Gasteiger partial charge in [0, 0.05) is 0 Å². The highest BCUT2D eigenvalue weighted by molar-refractivity contribution is 6.33. The monoisotopic (exact) mass is 242 g/mol. The fourth-order valence-electron chi connectivity index (χ4n) is 1.71. The highest BCUT2D eigenvalue weighted by Crippen LogP contribution is 2.36. The zero-order valence-corrected chi connectivity index (χ0v) is 10.6. The molecule has 0 heterocycles. The molecule has 0 aromatic heterocycles. The van der Waals surface area contributed by atoms with Gasteiger partial charge in [0.1, 0.15) is 5.75 Å². The Hall–Kier alpha value is -1.22. The lowest BCUT2D eigenvalue weighted by atomic mass is 9.94. The Morgan fingerprint density at radius 3 is 2.50 bits per heavy atom. The predicted molar refractivity (Wildman–Crippen MR) is 63.5 cm³/mol. The first kappa shape index (κ1) is 12.8. The molecule has 1 unspecified atom stereocenters. The van der Waals surface area contributed by atoms with Gasteiger partial charge in [0.05, 0.1) is 18.1 Å². The lowest BCUT2D eigenvalue weighted by Crippen LogP contribution is -2.10. The molecule has 1 aromatic rings. The summed E-state index contributed by atoms with van der Waals surface area (Å²) in [5.74, 6) is -0.860. The Morgan fingerprint density at radius 1 is 1.50 bits per heavy atom. The van der Waals surface area contributed by atoms with Gasteiger partial charge >= 0.3 is 5.97 Å². The minimum atomic E-state index is -0.855. The minimum Gasteiger partial charge on any atom is -0.495 e. The molecule has 16 heavy (non-hydrogen) atoms. The third kappa shape index (κ3) is 2.14. The van der Waals surface area contributed by atoms with Crippen LogP contribution in [0, 0.1) is 13.8 Å². The van der Waals surface area contributed by atoms with Crippen molar-refractivity contribution in [3.05, 3.63) is 27.8 Å². The smallest absolute Gasteiger partial charge is 0.310 e. The molecule has 0 aliphatic heterocycles. The summed E-state index contributed by atoms with van der Waals surface area (Å²) in [6.07, 6.45) is 0. The van der Waals surface area contributed by atoms with E-state index in [4.69, 9.17) is 21.4 Å². The van der Waals surface area contributed by atoms with E-state index in [9.17, 15) is 4.79 Å². The average molecular weight is 243 g/mol. The number of aliphatic carboxylic acids is 1. The van der Waals surface area contributed by atoms with Crippen LogP contribution in [0.2, 0.25) is 5.02 Å². The summed E-state index contributed by atoms with van der Waals surface area (Å²) in [5.41, 5.74) is 2.35. The molecule has 0 bridgehead atoms. The van der Waals surface area contributed by atoms with Crippen LogP contribution in [-0.2, 0) is 4.79 Å². The van der Waals surface area contributed by atoms with E-state index in [2.05, 4.69) is 0 Å². The Balaban J connectivity index is 3.42. The van der Waals surface area contributed by atoms with Crippen molar-refractivity contribution in [2.75, 3.05) is 7.11 Å². The summed E-state index contributed by atoms with van der Waals surface area (Å²) in [4.78, 5) is 11.0. The molecule has 0 fully saturated rings. The lowest BCUT2D eigenvalue weighted by molar-refractivity contribution is -0.138. The molecule has 1 rings (SSSR count). The van der Waals surface area contributed by atoms with Crippen LogP contribution >= 0.6 is 11.6 Å². The van der Waals surface area contributed by atoms with E-state index in [-0.39, 0.29) is 0 Å². The molecular formula is C12H15ClO3. The number of halogens is 1.